The van der Waals surface area contributed by atoms with Crippen LogP contribution in [0.2, 0.25) is 0 Å². The highest BCUT2D eigenvalue weighted by Crippen LogP contribution is 2.23. The van der Waals surface area contributed by atoms with Crippen LogP contribution < -0.4 is 10.1 Å². The Balaban J connectivity index is 2.15. The van der Waals surface area contributed by atoms with Crippen LogP contribution in [-0.2, 0) is 5.54 Å². The highest BCUT2D eigenvalue weighted by atomic mass is 16.5. The van der Waals surface area contributed by atoms with Crippen molar-refractivity contribution in [1.29, 1.82) is 0 Å². The molecular weight excluding hydrogens is 254 g/mol. The van der Waals surface area contributed by atoms with E-state index in [-0.39, 0.29) is 5.91 Å². The quantitative estimate of drug-likeness (QED) is 0.925. The number of nitrogens with zero attached hydrogens (tertiary/aromatic N) is 2. The smallest absolute Gasteiger partial charge is 0.255 e. The van der Waals surface area contributed by atoms with E-state index in [1.807, 2.05) is 38.1 Å². The molecule has 5 heteroatoms. The normalized spacial score (nSPS) is 10.9. The summed E-state index contributed by atoms with van der Waals surface area (Å²) >= 11 is 0. The Morgan fingerprint density at radius 1 is 1.15 bits per heavy atom. The summed E-state index contributed by atoms with van der Waals surface area (Å²) in [5.41, 5.74) is 0.928. The number of carbonyl (C=O) groups is 1. The van der Waals surface area contributed by atoms with Gasteiger partial charge in [-0.05, 0) is 31.5 Å². The minimum Gasteiger partial charge on any atom is -0.497 e. The van der Waals surface area contributed by atoms with Crippen LogP contribution in [-0.4, -0.2) is 23.0 Å². The molecule has 1 amide bonds. The van der Waals surface area contributed by atoms with Gasteiger partial charge in [0.2, 0.25) is 0 Å². The molecule has 0 saturated carbocycles. The molecule has 0 aliphatic carbocycles. The summed E-state index contributed by atoms with van der Waals surface area (Å²) in [6.45, 7) is 3.88. The van der Waals surface area contributed by atoms with Gasteiger partial charge < -0.3 is 10.1 Å². The maximum atomic E-state index is 12.1. The van der Waals surface area contributed by atoms with Crippen molar-refractivity contribution in [2.45, 2.75) is 19.4 Å². The van der Waals surface area contributed by atoms with Crippen molar-refractivity contribution in [3.63, 3.8) is 0 Å². The van der Waals surface area contributed by atoms with Gasteiger partial charge in [-0.25, -0.2) is 9.97 Å². The standard InChI is InChI=1S/C15H17N3O2/c1-15(2,12-4-6-13(20-3)7-5-12)18-14(19)11-8-16-10-17-9-11/h4-10H,1-3H3,(H,18,19). The van der Waals surface area contributed by atoms with Crippen LogP contribution in [0.1, 0.15) is 29.8 Å². The predicted molar refractivity (Wildman–Crippen MR) is 75.5 cm³/mol. The van der Waals surface area contributed by atoms with Crippen molar-refractivity contribution in [3.05, 3.63) is 54.1 Å². The second-order valence-electron chi connectivity index (χ2n) is 4.93. The topological polar surface area (TPSA) is 64.1 Å². The Morgan fingerprint density at radius 3 is 2.30 bits per heavy atom. The summed E-state index contributed by atoms with van der Waals surface area (Å²) in [5.74, 6) is 0.582. The van der Waals surface area contributed by atoms with Gasteiger partial charge >= 0.3 is 0 Å². The summed E-state index contributed by atoms with van der Waals surface area (Å²) in [6, 6.07) is 7.60. The molecule has 0 bridgehead atoms. The number of rotatable bonds is 4. The Hall–Kier alpha value is -2.43. The van der Waals surface area contributed by atoms with E-state index in [2.05, 4.69) is 15.3 Å². The minimum absolute atomic E-state index is 0.202. The number of ether oxygens (including phenoxy) is 1. The zero-order chi connectivity index (χ0) is 14.6. The van der Waals surface area contributed by atoms with E-state index in [9.17, 15) is 4.79 Å². The lowest BCUT2D eigenvalue weighted by Gasteiger charge is -2.27. The third-order valence-electron chi connectivity index (χ3n) is 3.06. The van der Waals surface area contributed by atoms with Gasteiger partial charge in [-0.15, -0.1) is 0 Å². The third-order valence-corrected chi connectivity index (χ3v) is 3.06. The average Bonchev–Trinajstić information content (AvgIpc) is 2.48. The highest BCUT2D eigenvalue weighted by Gasteiger charge is 2.23. The van der Waals surface area contributed by atoms with E-state index in [0.29, 0.717) is 5.56 Å². The predicted octanol–water partition coefficient (Wildman–Crippen LogP) is 2.15. The van der Waals surface area contributed by atoms with Crippen LogP contribution >= 0.6 is 0 Å². The summed E-state index contributed by atoms with van der Waals surface area (Å²) < 4.78 is 5.13. The van der Waals surface area contributed by atoms with E-state index in [1.54, 1.807) is 7.11 Å². The molecule has 20 heavy (non-hydrogen) atoms. The first-order valence-corrected chi connectivity index (χ1v) is 6.25. The van der Waals surface area contributed by atoms with E-state index in [4.69, 9.17) is 4.74 Å². The molecule has 0 spiro atoms. The van der Waals surface area contributed by atoms with Crippen molar-refractivity contribution in [1.82, 2.24) is 15.3 Å². The maximum absolute atomic E-state index is 12.1. The zero-order valence-corrected chi connectivity index (χ0v) is 11.8. The van der Waals surface area contributed by atoms with Gasteiger partial charge in [0.1, 0.15) is 12.1 Å². The molecule has 2 aromatic rings. The van der Waals surface area contributed by atoms with Crippen LogP contribution in [0.5, 0.6) is 5.75 Å². The van der Waals surface area contributed by atoms with Gasteiger partial charge in [-0.1, -0.05) is 12.1 Å². The third kappa shape index (κ3) is 3.12. The fourth-order valence-corrected chi connectivity index (χ4v) is 1.85. The largest absolute Gasteiger partial charge is 0.497 e. The Kier molecular flexibility index (Phi) is 3.98. The van der Waals surface area contributed by atoms with Crippen molar-refractivity contribution < 1.29 is 9.53 Å². The number of nitrogens with one attached hydrogen (secondary N) is 1. The number of hydrogen-bond donors (Lipinski definition) is 1. The first kappa shape index (κ1) is 14.0. The molecule has 0 atom stereocenters. The van der Waals surface area contributed by atoms with E-state index >= 15 is 0 Å². The Bertz CT molecular complexity index is 580. The molecule has 2 rings (SSSR count). The average molecular weight is 271 g/mol. The van der Waals surface area contributed by atoms with Gasteiger partial charge in [0.05, 0.1) is 18.2 Å². The summed E-state index contributed by atoms with van der Waals surface area (Å²) in [6.07, 6.45) is 4.38. The molecule has 0 aliphatic rings. The molecule has 5 nitrogen and oxygen atoms in total. The van der Waals surface area contributed by atoms with E-state index in [0.717, 1.165) is 11.3 Å². The molecule has 0 fully saturated rings. The number of benzene rings is 1. The molecule has 0 radical (unpaired) electrons. The second kappa shape index (κ2) is 5.69. The lowest BCUT2D eigenvalue weighted by atomic mass is 9.94. The number of amides is 1. The number of hydrogen-bond acceptors (Lipinski definition) is 4. The van der Waals surface area contributed by atoms with Gasteiger partial charge in [-0.2, -0.15) is 0 Å². The Morgan fingerprint density at radius 2 is 1.75 bits per heavy atom. The highest BCUT2D eigenvalue weighted by molar-refractivity contribution is 5.94. The number of methoxy groups -OCH3 is 1. The summed E-state index contributed by atoms with van der Waals surface area (Å²) in [7, 11) is 1.62. The Labute approximate surface area is 118 Å². The summed E-state index contributed by atoms with van der Waals surface area (Å²) in [4.78, 5) is 19.8. The minimum atomic E-state index is -0.501. The van der Waals surface area contributed by atoms with Gasteiger partial charge in [-0.3, -0.25) is 4.79 Å². The molecule has 0 aliphatic heterocycles. The van der Waals surface area contributed by atoms with Crippen LogP contribution in [0.4, 0.5) is 0 Å². The summed E-state index contributed by atoms with van der Waals surface area (Å²) in [5, 5.41) is 2.97. The number of carbonyl (C=O) groups excluding carboxylic acids is 1. The van der Waals surface area contributed by atoms with Gasteiger partial charge in [0.15, 0.2) is 0 Å². The lowest BCUT2D eigenvalue weighted by molar-refractivity contribution is 0.0911. The van der Waals surface area contributed by atoms with Crippen molar-refractivity contribution in [2.24, 2.45) is 0 Å². The second-order valence-corrected chi connectivity index (χ2v) is 4.93. The molecule has 0 unspecified atom stereocenters. The van der Waals surface area contributed by atoms with Crippen LogP contribution in [0.15, 0.2) is 43.0 Å². The fraction of sp³-hybridized carbons (Fsp3) is 0.267. The van der Waals surface area contributed by atoms with Crippen LogP contribution in [0.3, 0.4) is 0 Å². The molecule has 1 N–H and O–H groups in total. The molecule has 1 aromatic heterocycles. The fourth-order valence-electron chi connectivity index (χ4n) is 1.85. The first-order chi connectivity index (χ1) is 9.53. The zero-order valence-electron chi connectivity index (χ0n) is 11.8. The molecule has 104 valence electrons. The van der Waals surface area contributed by atoms with Crippen LogP contribution in [0.25, 0.3) is 0 Å². The van der Waals surface area contributed by atoms with Gasteiger partial charge in [0.25, 0.3) is 5.91 Å². The number of aromatic nitrogens is 2. The SMILES string of the molecule is COc1ccc(C(C)(C)NC(=O)c2cncnc2)cc1. The van der Waals surface area contributed by atoms with Crippen molar-refractivity contribution >= 4 is 5.91 Å². The molecule has 0 saturated heterocycles. The van der Waals surface area contributed by atoms with Crippen molar-refractivity contribution in [3.8, 4) is 5.75 Å². The maximum Gasteiger partial charge on any atom is 0.255 e. The van der Waals surface area contributed by atoms with Gasteiger partial charge in [0, 0.05) is 12.4 Å². The van der Waals surface area contributed by atoms with E-state index < -0.39 is 5.54 Å². The lowest BCUT2D eigenvalue weighted by Crippen LogP contribution is -2.41. The first-order valence-electron chi connectivity index (χ1n) is 6.25. The van der Waals surface area contributed by atoms with Crippen molar-refractivity contribution in [2.75, 3.05) is 7.11 Å². The molecule has 1 aromatic carbocycles. The van der Waals surface area contributed by atoms with Crippen LogP contribution in [0, 0.1) is 0 Å². The monoisotopic (exact) mass is 271 g/mol. The molecular formula is C15H17N3O2. The molecule has 1 heterocycles. The van der Waals surface area contributed by atoms with E-state index in [1.165, 1.54) is 18.7 Å².